The lowest BCUT2D eigenvalue weighted by Crippen LogP contribution is -2.15. The van der Waals surface area contributed by atoms with Crippen molar-refractivity contribution in [2.75, 3.05) is 26.4 Å². The number of carbonyl (C=O) groups is 1. The van der Waals surface area contributed by atoms with E-state index in [0.717, 1.165) is 12.0 Å². The van der Waals surface area contributed by atoms with Gasteiger partial charge in [0.25, 0.3) is 0 Å². The molecule has 5 nitrogen and oxygen atoms in total. The van der Waals surface area contributed by atoms with Crippen LogP contribution in [0.3, 0.4) is 0 Å². The predicted octanol–water partition coefficient (Wildman–Crippen LogP) is 4.17. The van der Waals surface area contributed by atoms with Crippen LogP contribution in [-0.4, -0.2) is 32.2 Å². The lowest BCUT2D eigenvalue weighted by molar-refractivity contribution is 0.104. The molecule has 134 valence electrons. The Bertz CT molecular complexity index is 875. The molecule has 0 saturated carbocycles. The third-order valence-electron chi connectivity index (χ3n) is 4.08. The molecule has 2 aliphatic heterocycles. The summed E-state index contributed by atoms with van der Waals surface area (Å²) >= 11 is 6.28. The van der Waals surface area contributed by atoms with Crippen molar-refractivity contribution in [2.24, 2.45) is 0 Å². The van der Waals surface area contributed by atoms with E-state index < -0.39 is 0 Å². The van der Waals surface area contributed by atoms with Gasteiger partial charge in [-0.25, -0.2) is 0 Å². The molecule has 0 spiro atoms. The van der Waals surface area contributed by atoms with Crippen LogP contribution in [0.2, 0.25) is 5.02 Å². The van der Waals surface area contributed by atoms with Crippen molar-refractivity contribution in [3.63, 3.8) is 0 Å². The highest BCUT2D eigenvalue weighted by molar-refractivity contribution is 6.32. The molecule has 6 heteroatoms. The van der Waals surface area contributed by atoms with Crippen molar-refractivity contribution in [3.05, 3.63) is 52.6 Å². The first-order chi connectivity index (χ1) is 12.7. The van der Waals surface area contributed by atoms with Gasteiger partial charge in [0.05, 0.1) is 18.2 Å². The second-order valence-electron chi connectivity index (χ2n) is 5.94. The van der Waals surface area contributed by atoms with Crippen LogP contribution in [0.5, 0.6) is 23.0 Å². The number of rotatable bonds is 3. The molecular formula is C20H17ClO5. The second-order valence-corrected chi connectivity index (χ2v) is 6.34. The van der Waals surface area contributed by atoms with Crippen LogP contribution in [0, 0.1) is 0 Å². The predicted molar refractivity (Wildman–Crippen MR) is 97.9 cm³/mol. The summed E-state index contributed by atoms with van der Waals surface area (Å²) < 4.78 is 22.3. The van der Waals surface area contributed by atoms with Crippen LogP contribution >= 0.6 is 11.6 Å². The Morgan fingerprint density at radius 1 is 0.885 bits per heavy atom. The first kappa shape index (κ1) is 16.8. The molecule has 0 bridgehead atoms. The number of hydrogen-bond acceptors (Lipinski definition) is 5. The first-order valence-electron chi connectivity index (χ1n) is 8.42. The molecule has 4 rings (SSSR count). The highest BCUT2D eigenvalue weighted by Gasteiger charge is 2.16. The summed E-state index contributed by atoms with van der Waals surface area (Å²) in [4.78, 5) is 12.5. The van der Waals surface area contributed by atoms with Crippen LogP contribution in [0.15, 0.2) is 36.4 Å². The monoisotopic (exact) mass is 372 g/mol. The number of halogens is 1. The zero-order chi connectivity index (χ0) is 17.9. The fourth-order valence-corrected chi connectivity index (χ4v) is 3.09. The van der Waals surface area contributed by atoms with Crippen LogP contribution in [0.25, 0.3) is 6.08 Å². The van der Waals surface area contributed by atoms with E-state index in [4.69, 9.17) is 30.5 Å². The fraction of sp³-hybridized carbons (Fsp3) is 0.250. The summed E-state index contributed by atoms with van der Waals surface area (Å²) in [5, 5.41) is 0.468. The van der Waals surface area contributed by atoms with Gasteiger partial charge in [-0.1, -0.05) is 17.7 Å². The Morgan fingerprint density at radius 3 is 2.54 bits per heavy atom. The zero-order valence-electron chi connectivity index (χ0n) is 14.0. The topological polar surface area (TPSA) is 54.0 Å². The minimum absolute atomic E-state index is 0.134. The van der Waals surface area contributed by atoms with Crippen molar-refractivity contribution in [1.29, 1.82) is 0 Å². The number of carbonyl (C=O) groups excluding carboxylic acids is 1. The van der Waals surface area contributed by atoms with Crippen LogP contribution < -0.4 is 18.9 Å². The summed E-state index contributed by atoms with van der Waals surface area (Å²) in [5.74, 6) is 2.27. The van der Waals surface area contributed by atoms with E-state index in [0.29, 0.717) is 60.0 Å². The minimum Gasteiger partial charge on any atom is -0.489 e. The normalized spacial score (nSPS) is 15.6. The number of allylic oxidation sites excluding steroid dienone is 1. The molecule has 0 aromatic heterocycles. The molecular weight excluding hydrogens is 356 g/mol. The lowest BCUT2D eigenvalue weighted by atomic mass is 10.1. The second kappa shape index (κ2) is 7.30. The zero-order valence-corrected chi connectivity index (χ0v) is 14.8. The maximum Gasteiger partial charge on any atom is 0.185 e. The SMILES string of the molecule is O=C(C=Cc1cc(Cl)c2c(c1)OCCCO2)c1ccc2c(c1)OCCO2. The quantitative estimate of drug-likeness (QED) is 0.598. The Kier molecular flexibility index (Phi) is 4.71. The molecule has 0 amide bonds. The standard InChI is InChI=1S/C20H17ClO5/c21-15-10-13(11-19-20(15)26-7-1-6-23-19)2-4-16(22)14-3-5-17-18(12-14)25-9-8-24-17/h2-5,10-12H,1,6-9H2. The van der Waals surface area contributed by atoms with E-state index in [1.807, 2.05) is 6.07 Å². The van der Waals surface area contributed by atoms with Gasteiger partial charge in [0.15, 0.2) is 28.8 Å². The lowest BCUT2D eigenvalue weighted by Gasteiger charge is -2.18. The molecule has 0 N–H and O–H groups in total. The fourth-order valence-electron chi connectivity index (χ4n) is 2.81. The molecule has 2 aromatic rings. The molecule has 26 heavy (non-hydrogen) atoms. The Morgan fingerprint density at radius 2 is 1.65 bits per heavy atom. The van der Waals surface area contributed by atoms with Gasteiger partial charge in [0.1, 0.15) is 13.2 Å². The van der Waals surface area contributed by atoms with Gasteiger partial charge in [-0.2, -0.15) is 0 Å². The summed E-state index contributed by atoms with van der Waals surface area (Å²) in [5.41, 5.74) is 1.30. The Balaban J connectivity index is 1.55. The molecule has 0 saturated heterocycles. The van der Waals surface area contributed by atoms with Gasteiger partial charge < -0.3 is 18.9 Å². The van der Waals surface area contributed by atoms with E-state index in [9.17, 15) is 4.79 Å². The van der Waals surface area contributed by atoms with Gasteiger partial charge in [0, 0.05) is 12.0 Å². The smallest absolute Gasteiger partial charge is 0.185 e. The average Bonchev–Trinajstić information content (AvgIpc) is 2.91. The van der Waals surface area contributed by atoms with Crippen molar-refractivity contribution < 1.29 is 23.7 Å². The summed E-state index contributed by atoms with van der Waals surface area (Å²) in [6.45, 7) is 2.15. The average molecular weight is 373 g/mol. The molecule has 0 aliphatic carbocycles. The summed E-state index contributed by atoms with van der Waals surface area (Å²) in [6, 6.07) is 8.74. The molecule has 2 aliphatic rings. The number of fused-ring (bicyclic) bond motifs is 2. The number of ether oxygens (including phenoxy) is 4. The van der Waals surface area contributed by atoms with Gasteiger partial charge in [-0.3, -0.25) is 4.79 Å². The number of hydrogen-bond donors (Lipinski definition) is 0. The minimum atomic E-state index is -0.134. The van der Waals surface area contributed by atoms with Crippen LogP contribution in [-0.2, 0) is 0 Å². The molecule has 2 aromatic carbocycles. The highest BCUT2D eigenvalue weighted by Crippen LogP contribution is 2.38. The number of benzene rings is 2. The summed E-state index contributed by atoms with van der Waals surface area (Å²) in [6.07, 6.45) is 4.01. The van der Waals surface area contributed by atoms with Gasteiger partial charge in [0.2, 0.25) is 0 Å². The van der Waals surface area contributed by atoms with E-state index in [1.54, 1.807) is 30.3 Å². The molecule has 0 atom stereocenters. The van der Waals surface area contributed by atoms with Crippen molar-refractivity contribution in [1.82, 2.24) is 0 Å². The first-order valence-corrected chi connectivity index (χ1v) is 8.80. The van der Waals surface area contributed by atoms with Crippen molar-refractivity contribution in [3.8, 4) is 23.0 Å². The summed E-state index contributed by atoms with van der Waals surface area (Å²) in [7, 11) is 0. The van der Waals surface area contributed by atoms with Gasteiger partial charge in [-0.05, 0) is 42.0 Å². The molecule has 0 radical (unpaired) electrons. The van der Waals surface area contributed by atoms with Crippen LogP contribution in [0.4, 0.5) is 0 Å². The molecule has 2 heterocycles. The Hall–Kier alpha value is -2.66. The van der Waals surface area contributed by atoms with Gasteiger partial charge in [-0.15, -0.1) is 0 Å². The molecule has 0 fully saturated rings. The largest absolute Gasteiger partial charge is 0.489 e. The maximum absolute atomic E-state index is 12.5. The van der Waals surface area contributed by atoms with Gasteiger partial charge >= 0.3 is 0 Å². The van der Waals surface area contributed by atoms with E-state index >= 15 is 0 Å². The van der Waals surface area contributed by atoms with Crippen molar-refractivity contribution in [2.45, 2.75) is 6.42 Å². The third-order valence-corrected chi connectivity index (χ3v) is 4.36. The number of ketones is 1. The highest BCUT2D eigenvalue weighted by atomic mass is 35.5. The van der Waals surface area contributed by atoms with Crippen molar-refractivity contribution >= 4 is 23.5 Å². The maximum atomic E-state index is 12.5. The third kappa shape index (κ3) is 3.48. The van der Waals surface area contributed by atoms with E-state index in [1.165, 1.54) is 6.08 Å². The van der Waals surface area contributed by atoms with Crippen LogP contribution in [0.1, 0.15) is 22.3 Å². The van der Waals surface area contributed by atoms with E-state index in [-0.39, 0.29) is 5.78 Å². The van der Waals surface area contributed by atoms with E-state index in [2.05, 4.69) is 0 Å². The Labute approximate surface area is 156 Å². The molecule has 0 unspecified atom stereocenters.